The Kier molecular flexibility index (Phi) is 6.30. The van der Waals surface area contributed by atoms with E-state index >= 15 is 0 Å². The quantitative estimate of drug-likeness (QED) is 0.736. The largest absolute Gasteiger partial charge is 0.378 e. The molecule has 1 amide bonds. The third-order valence-electron chi connectivity index (χ3n) is 5.52. The van der Waals surface area contributed by atoms with Gasteiger partial charge in [0.1, 0.15) is 17.4 Å². The van der Waals surface area contributed by atoms with E-state index in [-0.39, 0.29) is 11.8 Å². The van der Waals surface area contributed by atoms with E-state index in [1.807, 2.05) is 17.9 Å². The van der Waals surface area contributed by atoms with Gasteiger partial charge in [-0.25, -0.2) is 9.97 Å². The Morgan fingerprint density at radius 3 is 2.62 bits per heavy atom. The minimum absolute atomic E-state index is 0.134. The molecular formula is C20H26ClN5O3. The van der Waals surface area contributed by atoms with Gasteiger partial charge in [0.15, 0.2) is 5.15 Å². The molecule has 0 bridgehead atoms. The fourth-order valence-electron chi connectivity index (χ4n) is 3.89. The highest BCUT2D eigenvalue weighted by Crippen LogP contribution is 2.28. The topological polar surface area (TPSA) is 84.6 Å². The van der Waals surface area contributed by atoms with Gasteiger partial charge in [0, 0.05) is 62.8 Å². The van der Waals surface area contributed by atoms with Crippen molar-refractivity contribution in [3.8, 4) is 0 Å². The lowest BCUT2D eigenvalue weighted by molar-refractivity contribution is -0.132. The summed E-state index contributed by atoms with van der Waals surface area (Å²) >= 11 is 5.75. The number of amides is 1. The summed E-state index contributed by atoms with van der Waals surface area (Å²) in [5, 5.41) is 3.96. The molecule has 2 fully saturated rings. The van der Waals surface area contributed by atoms with Crippen LogP contribution in [-0.2, 0) is 16.0 Å². The standard InChI is InChI=1S/C20H26ClN5O3/c1-14-12-18(25-8-10-28-11-9-25)23-20(22-14)15-4-6-26(7-5-15)19(27)3-2-16-13-17(21)24-29-16/h12-13,15H,2-11H2,1H3. The molecule has 2 aromatic heterocycles. The number of carbonyl (C=O) groups is 1. The number of likely N-dealkylation sites (tertiary alicyclic amines) is 1. The third kappa shape index (κ3) is 5.05. The predicted molar refractivity (Wildman–Crippen MR) is 108 cm³/mol. The van der Waals surface area contributed by atoms with Crippen molar-refractivity contribution in [3.63, 3.8) is 0 Å². The summed E-state index contributed by atoms with van der Waals surface area (Å²) < 4.78 is 10.5. The molecule has 0 radical (unpaired) electrons. The summed E-state index contributed by atoms with van der Waals surface area (Å²) in [6.07, 6.45) is 2.68. The molecule has 4 rings (SSSR count). The molecule has 0 atom stereocenters. The van der Waals surface area contributed by atoms with Crippen LogP contribution >= 0.6 is 11.6 Å². The maximum Gasteiger partial charge on any atom is 0.223 e. The lowest BCUT2D eigenvalue weighted by Crippen LogP contribution is -2.39. The van der Waals surface area contributed by atoms with Crippen molar-refractivity contribution >= 4 is 23.3 Å². The average Bonchev–Trinajstić information content (AvgIpc) is 3.17. The van der Waals surface area contributed by atoms with Crippen molar-refractivity contribution in [1.29, 1.82) is 0 Å². The van der Waals surface area contributed by atoms with Gasteiger partial charge >= 0.3 is 0 Å². The Morgan fingerprint density at radius 2 is 1.93 bits per heavy atom. The summed E-state index contributed by atoms with van der Waals surface area (Å²) in [5.74, 6) is 2.94. The van der Waals surface area contributed by atoms with Crippen molar-refractivity contribution in [3.05, 3.63) is 34.6 Å². The van der Waals surface area contributed by atoms with Gasteiger partial charge in [-0.1, -0.05) is 16.8 Å². The first-order chi connectivity index (χ1) is 14.1. The molecular weight excluding hydrogens is 394 g/mol. The van der Waals surface area contributed by atoms with Gasteiger partial charge in [0.25, 0.3) is 0 Å². The molecule has 0 aliphatic carbocycles. The smallest absolute Gasteiger partial charge is 0.223 e. The Hall–Kier alpha value is -2.19. The molecule has 4 heterocycles. The first-order valence-electron chi connectivity index (χ1n) is 10.2. The van der Waals surface area contributed by atoms with Gasteiger partial charge < -0.3 is 19.1 Å². The molecule has 8 nitrogen and oxygen atoms in total. The van der Waals surface area contributed by atoms with Crippen LogP contribution in [0.25, 0.3) is 0 Å². The van der Waals surface area contributed by atoms with Crippen LogP contribution in [0.2, 0.25) is 5.15 Å². The van der Waals surface area contributed by atoms with Crippen LogP contribution in [0, 0.1) is 6.92 Å². The summed E-state index contributed by atoms with van der Waals surface area (Å²) in [4.78, 5) is 26.3. The number of hydrogen-bond acceptors (Lipinski definition) is 7. The summed E-state index contributed by atoms with van der Waals surface area (Å²) in [6.45, 7) is 6.66. The summed E-state index contributed by atoms with van der Waals surface area (Å²) in [5.41, 5.74) is 0.987. The van der Waals surface area contributed by atoms with E-state index in [2.05, 4.69) is 10.1 Å². The van der Waals surface area contributed by atoms with Crippen molar-refractivity contribution in [1.82, 2.24) is 20.0 Å². The zero-order valence-electron chi connectivity index (χ0n) is 16.6. The van der Waals surface area contributed by atoms with Crippen LogP contribution in [0.3, 0.4) is 0 Å². The molecule has 0 N–H and O–H groups in total. The molecule has 0 spiro atoms. The monoisotopic (exact) mass is 419 g/mol. The number of piperidine rings is 1. The second-order valence-electron chi connectivity index (χ2n) is 7.60. The van der Waals surface area contributed by atoms with Gasteiger partial charge in [-0.05, 0) is 19.8 Å². The van der Waals surface area contributed by atoms with Crippen LogP contribution in [-0.4, -0.2) is 65.3 Å². The highest BCUT2D eigenvalue weighted by atomic mass is 35.5. The Labute approximate surface area is 175 Å². The van der Waals surface area contributed by atoms with Gasteiger partial charge in [0.05, 0.1) is 13.2 Å². The second kappa shape index (κ2) is 9.09. The number of aromatic nitrogens is 3. The van der Waals surface area contributed by atoms with Crippen LogP contribution in [0.5, 0.6) is 0 Å². The Bertz CT molecular complexity index is 844. The minimum atomic E-state index is 0.134. The van der Waals surface area contributed by atoms with E-state index in [4.69, 9.17) is 30.8 Å². The van der Waals surface area contributed by atoms with Crippen molar-refractivity contribution in [2.24, 2.45) is 0 Å². The SMILES string of the molecule is Cc1cc(N2CCOCC2)nc(C2CCN(C(=O)CCc3cc(Cl)no3)CC2)n1. The van der Waals surface area contributed by atoms with Crippen LogP contribution in [0.1, 0.15) is 42.5 Å². The summed E-state index contributed by atoms with van der Waals surface area (Å²) in [6, 6.07) is 3.70. The number of nitrogens with zero attached hydrogens (tertiary/aromatic N) is 5. The van der Waals surface area contributed by atoms with E-state index in [1.54, 1.807) is 6.07 Å². The number of anilines is 1. The first-order valence-corrected chi connectivity index (χ1v) is 10.5. The number of hydrogen-bond donors (Lipinski definition) is 0. The van der Waals surface area contributed by atoms with Crippen LogP contribution in [0.15, 0.2) is 16.7 Å². The molecule has 0 unspecified atom stereocenters. The number of aryl methyl sites for hydroxylation is 2. The van der Waals surface area contributed by atoms with E-state index in [9.17, 15) is 4.79 Å². The molecule has 0 aromatic carbocycles. The highest BCUT2D eigenvalue weighted by molar-refractivity contribution is 6.29. The number of carbonyl (C=O) groups excluding carboxylic acids is 1. The highest BCUT2D eigenvalue weighted by Gasteiger charge is 2.26. The van der Waals surface area contributed by atoms with Crippen molar-refractivity contribution < 1.29 is 14.1 Å². The molecule has 29 heavy (non-hydrogen) atoms. The average molecular weight is 420 g/mol. The van der Waals surface area contributed by atoms with Gasteiger partial charge in [-0.15, -0.1) is 0 Å². The minimum Gasteiger partial charge on any atom is -0.378 e. The molecule has 2 saturated heterocycles. The lowest BCUT2D eigenvalue weighted by Gasteiger charge is -2.32. The third-order valence-corrected chi connectivity index (χ3v) is 5.70. The van der Waals surface area contributed by atoms with Gasteiger partial charge in [-0.2, -0.15) is 0 Å². The number of rotatable bonds is 5. The molecule has 9 heteroatoms. The zero-order valence-corrected chi connectivity index (χ0v) is 17.4. The molecule has 156 valence electrons. The van der Waals surface area contributed by atoms with E-state index in [0.717, 1.165) is 69.6 Å². The van der Waals surface area contributed by atoms with Gasteiger partial charge in [-0.3, -0.25) is 4.79 Å². The molecule has 2 aromatic rings. The Balaban J connectivity index is 1.33. The lowest BCUT2D eigenvalue weighted by atomic mass is 9.95. The first kappa shape index (κ1) is 20.1. The van der Waals surface area contributed by atoms with E-state index in [1.165, 1.54) is 0 Å². The van der Waals surface area contributed by atoms with E-state index < -0.39 is 0 Å². The molecule has 0 saturated carbocycles. The molecule has 2 aliphatic heterocycles. The van der Waals surface area contributed by atoms with Gasteiger partial charge in [0.2, 0.25) is 5.91 Å². The van der Waals surface area contributed by atoms with Crippen molar-refractivity contribution in [2.75, 3.05) is 44.3 Å². The normalized spacial score (nSPS) is 18.3. The Morgan fingerprint density at radius 1 is 1.17 bits per heavy atom. The maximum absolute atomic E-state index is 12.5. The van der Waals surface area contributed by atoms with Crippen molar-refractivity contribution in [2.45, 2.75) is 38.5 Å². The fourth-order valence-corrected chi connectivity index (χ4v) is 4.05. The number of ether oxygens (including phenoxy) is 1. The molecule has 2 aliphatic rings. The maximum atomic E-state index is 12.5. The van der Waals surface area contributed by atoms with E-state index in [0.29, 0.717) is 23.8 Å². The predicted octanol–water partition coefficient (Wildman–Crippen LogP) is 2.60. The van der Waals surface area contributed by atoms with Crippen LogP contribution in [0.4, 0.5) is 5.82 Å². The summed E-state index contributed by atoms with van der Waals surface area (Å²) in [7, 11) is 0. The fraction of sp³-hybridized carbons (Fsp3) is 0.600. The number of morpholine rings is 1. The van der Waals surface area contributed by atoms with Crippen LogP contribution < -0.4 is 4.90 Å². The number of halogens is 1. The zero-order chi connectivity index (χ0) is 20.2. The second-order valence-corrected chi connectivity index (χ2v) is 7.98.